The van der Waals surface area contributed by atoms with Crippen LogP contribution >= 0.6 is 0 Å². The van der Waals surface area contributed by atoms with Gasteiger partial charge in [0.2, 0.25) is 0 Å². The molecule has 0 spiro atoms. The highest BCUT2D eigenvalue weighted by Crippen LogP contribution is 2.68. The van der Waals surface area contributed by atoms with Gasteiger partial charge in [0.05, 0.1) is 0 Å². The molecular weight excluding hydrogens is 472 g/mol. The van der Waals surface area contributed by atoms with Crippen molar-refractivity contribution in [2.45, 2.75) is 97.2 Å². The van der Waals surface area contributed by atoms with Crippen molar-refractivity contribution in [1.29, 1.82) is 0 Å². The number of carbonyl (C=O) groups excluding carboxylic acids is 2. The van der Waals surface area contributed by atoms with Gasteiger partial charge in [0.1, 0.15) is 6.10 Å². The number of nitrogens with zero attached hydrogens (tertiary/aromatic N) is 2. The van der Waals surface area contributed by atoms with Gasteiger partial charge in [0.15, 0.2) is 0 Å². The molecule has 1 aromatic carbocycles. The molecule has 5 rings (SSSR count). The predicted molar refractivity (Wildman–Crippen MR) is 152 cm³/mol. The molecule has 0 heterocycles. The minimum absolute atomic E-state index is 0.00298. The number of amides is 1. The lowest BCUT2D eigenvalue weighted by atomic mass is 9.43. The lowest BCUT2D eigenvalue weighted by Crippen LogP contribution is -2.61. The van der Waals surface area contributed by atoms with Gasteiger partial charge in [-0.2, -0.15) is 0 Å². The highest BCUT2D eigenvalue weighted by molar-refractivity contribution is 5.94. The zero-order chi connectivity index (χ0) is 27.4. The van der Waals surface area contributed by atoms with E-state index in [0.29, 0.717) is 41.7 Å². The summed E-state index contributed by atoms with van der Waals surface area (Å²) in [7, 11) is 6.39. The first-order valence-corrected chi connectivity index (χ1v) is 15.1. The molecule has 38 heavy (non-hydrogen) atoms. The summed E-state index contributed by atoms with van der Waals surface area (Å²) in [6.45, 7) is 8.97. The van der Waals surface area contributed by atoms with E-state index in [-0.39, 0.29) is 28.8 Å². The monoisotopic (exact) mass is 522 g/mol. The maximum Gasteiger partial charge on any atom is 0.302 e. The van der Waals surface area contributed by atoms with Crippen LogP contribution in [0.15, 0.2) is 30.3 Å². The summed E-state index contributed by atoms with van der Waals surface area (Å²) < 4.78 is 6.27. The maximum atomic E-state index is 13.2. The van der Waals surface area contributed by atoms with Crippen molar-refractivity contribution in [1.82, 2.24) is 9.80 Å². The van der Waals surface area contributed by atoms with E-state index in [1.807, 2.05) is 42.3 Å². The molecule has 0 aliphatic heterocycles. The highest BCUT2D eigenvalue weighted by Gasteiger charge is 2.65. The van der Waals surface area contributed by atoms with E-state index >= 15 is 0 Å². The molecule has 5 heteroatoms. The molecule has 4 aliphatic carbocycles. The van der Waals surface area contributed by atoms with E-state index in [4.69, 9.17) is 4.74 Å². The third-order valence-corrected chi connectivity index (χ3v) is 12.4. The molecule has 10 atom stereocenters. The Morgan fingerprint density at radius 2 is 1.66 bits per heavy atom. The fourth-order valence-electron chi connectivity index (χ4n) is 10.0. The van der Waals surface area contributed by atoms with Gasteiger partial charge >= 0.3 is 5.97 Å². The molecule has 1 unspecified atom stereocenters. The smallest absolute Gasteiger partial charge is 0.302 e. The van der Waals surface area contributed by atoms with Crippen molar-refractivity contribution in [3.8, 4) is 0 Å². The van der Waals surface area contributed by atoms with E-state index in [1.54, 1.807) is 6.92 Å². The summed E-state index contributed by atoms with van der Waals surface area (Å²) in [5.74, 6) is 3.11. The molecule has 1 aromatic rings. The van der Waals surface area contributed by atoms with E-state index < -0.39 is 0 Å². The molecule has 0 N–H and O–H groups in total. The molecule has 5 nitrogen and oxygen atoms in total. The Morgan fingerprint density at radius 1 is 0.947 bits per heavy atom. The van der Waals surface area contributed by atoms with Gasteiger partial charge in [0, 0.05) is 37.0 Å². The van der Waals surface area contributed by atoms with E-state index in [2.05, 4.69) is 39.8 Å². The molecule has 210 valence electrons. The number of esters is 1. The molecule has 0 radical (unpaired) electrons. The Hall–Kier alpha value is -1.88. The average Bonchev–Trinajstić information content (AvgIpc) is 3.25. The minimum atomic E-state index is -0.126. The Labute approximate surface area is 230 Å². The fourth-order valence-corrected chi connectivity index (χ4v) is 10.0. The Morgan fingerprint density at radius 3 is 2.32 bits per heavy atom. The maximum absolute atomic E-state index is 13.2. The number of ether oxygens (including phenoxy) is 1. The lowest BCUT2D eigenvalue weighted by Gasteiger charge is -2.63. The first kappa shape index (κ1) is 27.7. The summed E-state index contributed by atoms with van der Waals surface area (Å²) in [6.07, 6.45) is 9.35. The number of hydrogen-bond donors (Lipinski definition) is 0. The first-order valence-electron chi connectivity index (χ1n) is 15.1. The van der Waals surface area contributed by atoms with Crippen LogP contribution in [0.4, 0.5) is 0 Å². The van der Waals surface area contributed by atoms with Gasteiger partial charge < -0.3 is 14.5 Å². The van der Waals surface area contributed by atoms with Gasteiger partial charge in [-0.25, -0.2) is 0 Å². The number of carbonyl (C=O) groups is 2. The van der Waals surface area contributed by atoms with E-state index in [1.165, 1.54) is 25.7 Å². The Balaban J connectivity index is 1.38. The highest BCUT2D eigenvalue weighted by atomic mass is 16.5. The van der Waals surface area contributed by atoms with Crippen molar-refractivity contribution in [2.24, 2.45) is 40.4 Å². The Kier molecular flexibility index (Phi) is 7.47. The van der Waals surface area contributed by atoms with Crippen LogP contribution < -0.4 is 0 Å². The lowest BCUT2D eigenvalue weighted by molar-refractivity contribution is -0.194. The number of fused-ring (bicyclic) bond motifs is 5. The van der Waals surface area contributed by atoms with Crippen molar-refractivity contribution < 1.29 is 14.3 Å². The third-order valence-electron chi connectivity index (χ3n) is 12.4. The summed E-state index contributed by atoms with van der Waals surface area (Å²) >= 11 is 0. The second-order valence-corrected chi connectivity index (χ2v) is 14.0. The van der Waals surface area contributed by atoms with Crippen molar-refractivity contribution >= 4 is 11.9 Å². The van der Waals surface area contributed by atoms with Crippen LogP contribution in [0.5, 0.6) is 0 Å². The van der Waals surface area contributed by atoms with E-state index in [9.17, 15) is 9.59 Å². The second kappa shape index (κ2) is 10.3. The van der Waals surface area contributed by atoms with Crippen molar-refractivity contribution in [3.05, 3.63) is 35.9 Å². The molecular formula is C33H50N2O3. The van der Waals surface area contributed by atoms with Crippen LogP contribution in [0.1, 0.15) is 89.4 Å². The molecule has 0 aromatic heterocycles. The topological polar surface area (TPSA) is 49.9 Å². The molecule has 4 saturated carbocycles. The van der Waals surface area contributed by atoms with Crippen LogP contribution in [-0.2, 0) is 9.53 Å². The minimum Gasteiger partial charge on any atom is -0.462 e. The van der Waals surface area contributed by atoms with Crippen molar-refractivity contribution in [3.63, 3.8) is 0 Å². The van der Waals surface area contributed by atoms with E-state index in [0.717, 1.165) is 31.2 Å². The van der Waals surface area contributed by atoms with Crippen LogP contribution in [0.3, 0.4) is 0 Å². The standard InChI is InChI=1S/C33H50N2O3/c1-21(34(5)6)27-15-16-28-26-14-13-24-19-25(35(7)31(37)23-11-9-8-10-12-23)17-18-32(24,3)29(26)20-30(33(27,28)4)38-22(2)36/h8-12,21,24-30H,13-20H2,1-7H3/t21-,24?,25+,26-,27+,28-,29-,30+,32-,33+/m0/s1. The summed E-state index contributed by atoms with van der Waals surface area (Å²) in [5, 5.41) is 0. The summed E-state index contributed by atoms with van der Waals surface area (Å²) in [5.41, 5.74) is 1.07. The molecule has 1 amide bonds. The van der Waals surface area contributed by atoms with Crippen LogP contribution in [0.2, 0.25) is 0 Å². The quantitative estimate of drug-likeness (QED) is 0.427. The second-order valence-electron chi connectivity index (χ2n) is 14.0. The van der Waals surface area contributed by atoms with Gasteiger partial charge in [0.25, 0.3) is 5.91 Å². The van der Waals surface area contributed by atoms with Gasteiger partial charge in [-0.15, -0.1) is 0 Å². The molecule has 4 aliphatic rings. The first-order chi connectivity index (χ1) is 18.0. The third kappa shape index (κ3) is 4.41. The fraction of sp³-hybridized carbons (Fsp3) is 0.758. The predicted octanol–water partition coefficient (Wildman–Crippen LogP) is 6.28. The SMILES string of the molecule is CC(=O)O[C@@H]1C[C@H]2[C@@H](CCC3C[C@H](N(C)C(=O)c4ccccc4)CC[C@@]32C)[C@@H]2CC[C@H]([C@H](C)N(C)C)[C@@]12C. The van der Waals surface area contributed by atoms with Crippen molar-refractivity contribution in [2.75, 3.05) is 21.1 Å². The largest absolute Gasteiger partial charge is 0.462 e. The van der Waals surface area contributed by atoms with Crippen LogP contribution in [0, 0.1) is 40.4 Å². The zero-order valence-corrected chi connectivity index (χ0v) is 24.8. The summed E-state index contributed by atoms with van der Waals surface area (Å²) in [6, 6.07) is 10.5. The average molecular weight is 523 g/mol. The van der Waals surface area contributed by atoms with Crippen LogP contribution in [0.25, 0.3) is 0 Å². The number of rotatable bonds is 5. The summed E-state index contributed by atoms with van der Waals surface area (Å²) in [4.78, 5) is 30.0. The van der Waals surface area contributed by atoms with Gasteiger partial charge in [-0.1, -0.05) is 32.0 Å². The molecule has 4 fully saturated rings. The Bertz CT molecular complexity index is 1030. The zero-order valence-electron chi connectivity index (χ0n) is 24.8. The number of hydrogen-bond acceptors (Lipinski definition) is 4. The number of benzene rings is 1. The van der Waals surface area contributed by atoms with Gasteiger partial charge in [-0.05, 0) is 120 Å². The van der Waals surface area contributed by atoms with Crippen LogP contribution in [-0.4, -0.2) is 61.0 Å². The van der Waals surface area contributed by atoms with Gasteiger partial charge in [-0.3, -0.25) is 9.59 Å². The normalized spacial score (nSPS) is 41.0. The molecule has 0 bridgehead atoms. The molecule has 0 saturated heterocycles.